The molecule has 3 nitrogen and oxygen atoms in total. The number of hydrogen-bond donors (Lipinski definition) is 0. The lowest BCUT2D eigenvalue weighted by Crippen LogP contribution is -2.30. The highest BCUT2D eigenvalue weighted by Gasteiger charge is 2.08. The van der Waals surface area contributed by atoms with Crippen molar-refractivity contribution < 1.29 is 9.40 Å². The molecule has 1 heterocycles. The molecule has 1 aromatic heterocycles. The number of nitrogens with one attached hydrogen (secondary N) is 1. The lowest BCUT2D eigenvalue weighted by atomic mass is 10.1. The van der Waals surface area contributed by atoms with Crippen molar-refractivity contribution in [3.05, 3.63) is 64.0 Å². The summed E-state index contributed by atoms with van der Waals surface area (Å²) in [5.41, 5.74) is 0.993. The summed E-state index contributed by atoms with van der Waals surface area (Å²) in [4.78, 5) is 13.9. The predicted molar refractivity (Wildman–Crippen MR) is 55.5 cm³/mol. The number of benzene rings is 1. The maximum absolute atomic E-state index is 11.2. The monoisotopic (exact) mass is 202 g/mol. The first-order valence-corrected chi connectivity index (χ1v) is 4.81. The van der Waals surface area contributed by atoms with Gasteiger partial charge in [-0.3, -0.25) is 0 Å². The maximum Gasteiger partial charge on any atom is 0.416 e. The van der Waals surface area contributed by atoms with Crippen LogP contribution in [0.3, 0.4) is 0 Å². The van der Waals surface area contributed by atoms with Crippen LogP contribution in [0.15, 0.2) is 45.6 Å². The first-order valence-electron chi connectivity index (χ1n) is 4.81. The van der Waals surface area contributed by atoms with Gasteiger partial charge in [-0.15, -0.1) is 4.98 Å². The number of aromatic amines is 1. The van der Waals surface area contributed by atoms with E-state index >= 15 is 0 Å². The quantitative estimate of drug-likeness (QED) is 0.737. The molecule has 2 aromatic rings. The van der Waals surface area contributed by atoms with Gasteiger partial charge in [0.25, 0.3) is 0 Å². The Labute approximate surface area is 87.4 Å². The minimum Gasteiger partial charge on any atom is -0.413 e. The second kappa shape index (κ2) is 4.09. The molecule has 0 saturated carbocycles. The SMILES string of the molecule is Cc1cc(=O)[nH+]c(Cc2ccccc2)o1. The molecule has 3 heteroatoms. The highest BCUT2D eigenvalue weighted by molar-refractivity contribution is 5.17. The molecule has 15 heavy (non-hydrogen) atoms. The average Bonchev–Trinajstić information content (AvgIpc) is 2.17. The first-order chi connectivity index (χ1) is 7.24. The van der Waals surface area contributed by atoms with E-state index in [9.17, 15) is 4.79 Å². The van der Waals surface area contributed by atoms with E-state index in [1.165, 1.54) is 6.07 Å². The largest absolute Gasteiger partial charge is 0.416 e. The van der Waals surface area contributed by atoms with Crippen molar-refractivity contribution in [2.24, 2.45) is 0 Å². The van der Waals surface area contributed by atoms with E-state index in [1.807, 2.05) is 30.3 Å². The first kappa shape index (κ1) is 9.65. The normalized spacial score (nSPS) is 10.2. The topological polar surface area (TPSA) is 44.4 Å². The maximum atomic E-state index is 11.2. The molecule has 0 radical (unpaired) electrons. The van der Waals surface area contributed by atoms with Gasteiger partial charge in [0.1, 0.15) is 5.76 Å². The van der Waals surface area contributed by atoms with Gasteiger partial charge in [0.2, 0.25) is 0 Å². The minimum atomic E-state index is -0.121. The van der Waals surface area contributed by atoms with E-state index in [2.05, 4.69) is 4.98 Å². The lowest BCUT2D eigenvalue weighted by molar-refractivity contribution is -0.428. The van der Waals surface area contributed by atoms with E-state index < -0.39 is 0 Å². The molecule has 0 fully saturated rings. The van der Waals surface area contributed by atoms with Crippen LogP contribution in [0, 0.1) is 6.92 Å². The molecule has 2 rings (SSSR count). The van der Waals surface area contributed by atoms with Crippen molar-refractivity contribution >= 4 is 0 Å². The summed E-state index contributed by atoms with van der Waals surface area (Å²) in [6.07, 6.45) is 0.609. The van der Waals surface area contributed by atoms with E-state index in [-0.39, 0.29) is 5.56 Å². The van der Waals surface area contributed by atoms with Crippen molar-refractivity contribution in [1.82, 2.24) is 0 Å². The molecule has 0 amide bonds. The van der Waals surface area contributed by atoms with Gasteiger partial charge in [-0.1, -0.05) is 30.3 Å². The number of aryl methyl sites for hydroxylation is 1. The zero-order valence-electron chi connectivity index (χ0n) is 8.49. The number of H-pyrrole nitrogens is 1. The van der Waals surface area contributed by atoms with Crippen LogP contribution in [0.5, 0.6) is 0 Å². The molecule has 1 N–H and O–H groups in total. The Balaban J connectivity index is 2.29. The van der Waals surface area contributed by atoms with Crippen molar-refractivity contribution in [2.45, 2.75) is 13.3 Å². The van der Waals surface area contributed by atoms with Gasteiger partial charge < -0.3 is 4.42 Å². The van der Waals surface area contributed by atoms with Gasteiger partial charge in [0.05, 0.1) is 12.5 Å². The Morgan fingerprint density at radius 3 is 2.67 bits per heavy atom. The second-order valence-electron chi connectivity index (χ2n) is 3.43. The molecule has 0 saturated heterocycles. The van der Waals surface area contributed by atoms with Gasteiger partial charge in [-0.2, -0.15) is 0 Å². The van der Waals surface area contributed by atoms with Crippen LogP contribution in [-0.4, -0.2) is 0 Å². The summed E-state index contributed by atoms with van der Waals surface area (Å²) >= 11 is 0. The molecule has 1 aromatic carbocycles. The molecule has 0 aliphatic heterocycles. The van der Waals surface area contributed by atoms with E-state index in [0.717, 1.165) is 5.56 Å². The van der Waals surface area contributed by atoms with Gasteiger partial charge in [-0.05, 0) is 12.5 Å². The minimum absolute atomic E-state index is 0.121. The smallest absolute Gasteiger partial charge is 0.413 e. The number of hydrogen-bond acceptors (Lipinski definition) is 2. The highest BCUT2D eigenvalue weighted by atomic mass is 16.3. The van der Waals surface area contributed by atoms with Crippen LogP contribution >= 0.6 is 0 Å². The molecule has 0 aliphatic rings. The number of rotatable bonds is 2. The van der Waals surface area contributed by atoms with Crippen LogP contribution in [-0.2, 0) is 6.42 Å². The van der Waals surface area contributed by atoms with Crippen molar-refractivity contribution in [1.29, 1.82) is 0 Å². The molecular formula is C12H12NO2+. The van der Waals surface area contributed by atoms with Crippen LogP contribution in [0.4, 0.5) is 0 Å². The fraction of sp³-hybridized carbons (Fsp3) is 0.167. The van der Waals surface area contributed by atoms with Crippen LogP contribution in [0.2, 0.25) is 0 Å². The summed E-state index contributed by atoms with van der Waals surface area (Å²) in [5, 5.41) is 0. The van der Waals surface area contributed by atoms with Crippen molar-refractivity contribution in [2.75, 3.05) is 0 Å². The third-order valence-corrected chi connectivity index (χ3v) is 2.09. The summed E-state index contributed by atoms with van der Waals surface area (Å²) < 4.78 is 5.41. The van der Waals surface area contributed by atoms with Gasteiger partial charge in [0.15, 0.2) is 0 Å². The summed E-state index contributed by atoms with van der Waals surface area (Å²) in [7, 11) is 0. The third kappa shape index (κ3) is 2.53. The third-order valence-electron chi connectivity index (χ3n) is 2.09. The van der Waals surface area contributed by atoms with Crippen molar-refractivity contribution in [3.8, 4) is 0 Å². The number of aromatic nitrogens is 1. The standard InChI is InChI=1S/C12H11NO2/c1-9-7-11(14)13-12(15-9)8-10-5-3-2-4-6-10/h2-7H,8H2,1H3/p+1. The fourth-order valence-electron chi connectivity index (χ4n) is 1.47. The van der Waals surface area contributed by atoms with E-state index in [4.69, 9.17) is 4.42 Å². The van der Waals surface area contributed by atoms with E-state index in [1.54, 1.807) is 6.92 Å². The van der Waals surface area contributed by atoms with Gasteiger partial charge in [0, 0.05) is 0 Å². The zero-order chi connectivity index (χ0) is 10.7. The summed E-state index contributed by atoms with van der Waals surface area (Å²) in [6.45, 7) is 1.77. The second-order valence-corrected chi connectivity index (χ2v) is 3.43. The van der Waals surface area contributed by atoms with Crippen molar-refractivity contribution in [3.63, 3.8) is 0 Å². The van der Waals surface area contributed by atoms with Gasteiger partial charge >= 0.3 is 11.4 Å². The Kier molecular flexibility index (Phi) is 2.63. The van der Waals surface area contributed by atoms with E-state index in [0.29, 0.717) is 18.1 Å². The predicted octanol–water partition coefficient (Wildman–Crippen LogP) is 1.35. The Morgan fingerprint density at radius 1 is 1.27 bits per heavy atom. The Hall–Kier alpha value is -1.90. The fourth-order valence-corrected chi connectivity index (χ4v) is 1.47. The molecular weight excluding hydrogens is 190 g/mol. The Morgan fingerprint density at radius 2 is 2.00 bits per heavy atom. The zero-order valence-corrected chi connectivity index (χ0v) is 8.49. The van der Waals surface area contributed by atoms with Gasteiger partial charge in [-0.25, -0.2) is 4.79 Å². The van der Waals surface area contributed by atoms with Crippen LogP contribution < -0.4 is 10.5 Å². The Bertz CT molecular complexity index is 503. The molecule has 0 unspecified atom stereocenters. The molecule has 0 atom stereocenters. The van der Waals surface area contributed by atoms with Crippen LogP contribution in [0.1, 0.15) is 17.2 Å². The molecule has 0 aliphatic carbocycles. The summed E-state index contributed by atoms with van der Waals surface area (Å²) in [6, 6.07) is 11.3. The molecule has 76 valence electrons. The lowest BCUT2D eigenvalue weighted by Gasteiger charge is -1.95. The molecule has 0 bridgehead atoms. The highest BCUT2D eigenvalue weighted by Crippen LogP contribution is 2.04. The summed E-state index contributed by atoms with van der Waals surface area (Å²) in [5.74, 6) is 1.22. The average molecular weight is 202 g/mol. The molecule has 0 spiro atoms. The van der Waals surface area contributed by atoms with Crippen LogP contribution in [0.25, 0.3) is 0 Å².